The number of pyridine rings is 1. The van der Waals surface area contributed by atoms with Gasteiger partial charge in [-0.3, -0.25) is 13.3 Å². The van der Waals surface area contributed by atoms with Crippen LogP contribution in [0.3, 0.4) is 0 Å². The van der Waals surface area contributed by atoms with Gasteiger partial charge in [-0.15, -0.1) is 0 Å². The van der Waals surface area contributed by atoms with Gasteiger partial charge in [0.25, 0.3) is 0 Å². The van der Waals surface area contributed by atoms with Crippen LogP contribution in [0.2, 0.25) is 0 Å². The van der Waals surface area contributed by atoms with E-state index in [0.717, 1.165) is 36.3 Å². The molecule has 1 aromatic carbocycles. The molecule has 0 aliphatic carbocycles. The number of rotatable bonds is 8. The van der Waals surface area contributed by atoms with E-state index in [2.05, 4.69) is 75.0 Å². The van der Waals surface area contributed by atoms with Crippen LogP contribution in [0.15, 0.2) is 41.4 Å². The van der Waals surface area contributed by atoms with E-state index >= 15 is 0 Å². The Labute approximate surface area is 159 Å². The van der Waals surface area contributed by atoms with Crippen LogP contribution >= 0.6 is 8.29 Å². The van der Waals surface area contributed by atoms with E-state index in [1.807, 2.05) is 6.92 Å². The highest BCUT2D eigenvalue weighted by Gasteiger charge is 2.44. The van der Waals surface area contributed by atoms with E-state index < -0.39 is 8.29 Å². The Morgan fingerprint density at radius 2 is 1.85 bits per heavy atom. The summed E-state index contributed by atoms with van der Waals surface area (Å²) in [6.45, 7) is 11.4. The van der Waals surface area contributed by atoms with Crippen molar-refractivity contribution in [3.05, 3.63) is 47.8 Å². The first kappa shape index (κ1) is 20.8. The van der Waals surface area contributed by atoms with Crippen molar-refractivity contribution in [2.75, 3.05) is 37.3 Å². The number of hydrogen-bond acceptors (Lipinski definition) is 2. The Kier molecular flexibility index (Phi) is 5.29. The number of unbranched alkanes of at least 4 members (excludes halogenated alkanes) is 1. The van der Waals surface area contributed by atoms with Crippen molar-refractivity contribution in [3.63, 3.8) is 0 Å². The van der Waals surface area contributed by atoms with Gasteiger partial charge in [-0.05, 0) is 86.5 Å². The number of allylic oxidation sites excluding steroid dienone is 1. The van der Waals surface area contributed by atoms with E-state index in [1.165, 1.54) is 28.0 Å². The number of hydrogen-bond donors (Lipinski definition) is 1. The van der Waals surface area contributed by atoms with Crippen molar-refractivity contribution in [1.82, 2.24) is 10.3 Å². The second-order valence-electron chi connectivity index (χ2n) is 10.1. The van der Waals surface area contributed by atoms with E-state index in [-0.39, 0.29) is 0 Å². The summed E-state index contributed by atoms with van der Waals surface area (Å²) in [5.41, 5.74) is 4.78. The van der Waals surface area contributed by atoms with Crippen molar-refractivity contribution in [2.45, 2.75) is 44.9 Å². The fourth-order valence-electron chi connectivity index (χ4n) is 3.31. The first-order valence-electron chi connectivity index (χ1n) is 9.66. The van der Waals surface area contributed by atoms with Crippen LogP contribution in [0.5, 0.6) is 0 Å². The van der Waals surface area contributed by atoms with E-state index in [0.29, 0.717) is 0 Å². The van der Waals surface area contributed by atoms with Crippen LogP contribution in [0, 0.1) is 6.92 Å². The highest BCUT2D eigenvalue weighted by atomic mass is 32.4. The fraction of sp³-hybridized carbons (Fsp3) is 0.522. The van der Waals surface area contributed by atoms with Crippen LogP contribution in [-0.2, 0) is 6.42 Å². The topological polar surface area (TPSA) is 24.9 Å². The van der Waals surface area contributed by atoms with Gasteiger partial charge in [-0.2, -0.15) is 0 Å². The molecule has 0 fully saturated rings. The minimum atomic E-state index is -2.35. The number of aromatic nitrogens is 1. The van der Waals surface area contributed by atoms with Gasteiger partial charge in [0.05, 0.1) is 5.52 Å². The maximum Gasteiger partial charge on any atom is 0.0718 e. The van der Waals surface area contributed by atoms with Gasteiger partial charge in [0, 0.05) is 23.3 Å². The number of aryl methyl sites for hydroxylation is 2. The summed E-state index contributed by atoms with van der Waals surface area (Å²) in [5.74, 6) is 1.18. The van der Waals surface area contributed by atoms with Crippen LogP contribution < -0.4 is 5.32 Å². The van der Waals surface area contributed by atoms with Crippen molar-refractivity contribution < 1.29 is 0 Å². The molecule has 0 aliphatic heterocycles. The summed E-state index contributed by atoms with van der Waals surface area (Å²) >= 11 is 0. The Hall–Kier alpha value is -1.48. The van der Waals surface area contributed by atoms with Gasteiger partial charge in [0.2, 0.25) is 0 Å². The van der Waals surface area contributed by atoms with Gasteiger partial charge < -0.3 is 5.32 Å². The third-order valence-corrected chi connectivity index (χ3v) is 10.6. The lowest BCUT2D eigenvalue weighted by Crippen LogP contribution is -2.34. The average Bonchev–Trinajstić information content (AvgIpc) is 2.52. The quantitative estimate of drug-likeness (QED) is 0.594. The Balaban J connectivity index is 2.49. The molecule has 0 bridgehead atoms. The van der Waals surface area contributed by atoms with Crippen LogP contribution in [0.1, 0.15) is 37.9 Å². The number of fused-ring (bicyclic) bond motifs is 1. The number of nitrogens with zero attached hydrogens (tertiary/aromatic N) is 1. The first-order chi connectivity index (χ1) is 11.9. The molecule has 1 heterocycles. The summed E-state index contributed by atoms with van der Waals surface area (Å²) in [6, 6.07) is 9.02. The van der Waals surface area contributed by atoms with E-state index in [4.69, 9.17) is 4.98 Å². The van der Waals surface area contributed by atoms with Crippen molar-refractivity contribution in [1.29, 1.82) is 0 Å². The predicted octanol–water partition coefficient (Wildman–Crippen LogP) is 5.76. The normalized spacial score (nSPS) is 14.7. The SMILES string of the molecule is C=C(C)NCCCCc1cccc2nc(C)cc(S(C)(C)(C)(C)CC)c12. The third kappa shape index (κ3) is 4.62. The van der Waals surface area contributed by atoms with Crippen LogP contribution in [0.4, 0.5) is 0 Å². The molecule has 0 radical (unpaired) electrons. The summed E-state index contributed by atoms with van der Waals surface area (Å²) in [6.07, 6.45) is 13.4. The van der Waals surface area contributed by atoms with Gasteiger partial charge in [-0.25, -0.2) is 0 Å². The molecule has 0 atom stereocenters. The molecule has 0 saturated carbocycles. The van der Waals surface area contributed by atoms with E-state index in [9.17, 15) is 0 Å². The zero-order valence-corrected chi connectivity index (χ0v) is 18.7. The molecule has 1 aromatic heterocycles. The van der Waals surface area contributed by atoms with Crippen molar-refractivity contribution >= 4 is 19.2 Å². The second kappa shape index (κ2) is 6.60. The van der Waals surface area contributed by atoms with Gasteiger partial charge >= 0.3 is 0 Å². The third-order valence-electron chi connectivity index (χ3n) is 5.65. The second-order valence-corrected chi connectivity index (χ2v) is 20.2. The molecular formula is C23H38N2S. The smallest absolute Gasteiger partial charge is 0.0718 e. The summed E-state index contributed by atoms with van der Waals surface area (Å²) in [5, 5.41) is 4.74. The molecule has 2 nitrogen and oxygen atoms in total. The highest BCUT2D eigenvalue weighted by molar-refractivity contribution is 8.63. The monoisotopic (exact) mass is 374 g/mol. The van der Waals surface area contributed by atoms with Crippen molar-refractivity contribution in [3.8, 4) is 0 Å². The van der Waals surface area contributed by atoms with Crippen LogP contribution in [0.25, 0.3) is 10.9 Å². The summed E-state index contributed by atoms with van der Waals surface area (Å²) in [7, 11) is -2.35. The largest absolute Gasteiger partial charge is 0.389 e. The molecule has 26 heavy (non-hydrogen) atoms. The number of nitrogens with one attached hydrogen (secondary N) is 1. The van der Waals surface area contributed by atoms with Gasteiger partial charge in [0.15, 0.2) is 0 Å². The van der Waals surface area contributed by atoms with Crippen LogP contribution in [-0.4, -0.2) is 42.3 Å². The average molecular weight is 375 g/mol. The fourth-order valence-corrected chi connectivity index (χ4v) is 5.55. The van der Waals surface area contributed by atoms with Crippen molar-refractivity contribution in [2.24, 2.45) is 0 Å². The molecule has 0 unspecified atom stereocenters. The Bertz CT molecular complexity index is 827. The summed E-state index contributed by atoms with van der Waals surface area (Å²) in [4.78, 5) is 6.40. The lowest BCUT2D eigenvalue weighted by Gasteiger charge is -2.69. The Morgan fingerprint density at radius 3 is 2.46 bits per heavy atom. The summed E-state index contributed by atoms with van der Waals surface area (Å²) < 4.78 is 0. The molecule has 3 heteroatoms. The number of benzene rings is 1. The maximum atomic E-state index is 4.87. The van der Waals surface area contributed by atoms with Gasteiger partial charge in [0.1, 0.15) is 0 Å². The zero-order valence-electron chi connectivity index (χ0n) is 17.9. The minimum Gasteiger partial charge on any atom is -0.389 e. The lowest BCUT2D eigenvalue weighted by atomic mass is 10.0. The Morgan fingerprint density at radius 1 is 1.15 bits per heavy atom. The molecular weight excluding hydrogens is 336 g/mol. The predicted molar refractivity (Wildman–Crippen MR) is 122 cm³/mol. The molecule has 0 amide bonds. The van der Waals surface area contributed by atoms with E-state index in [1.54, 1.807) is 0 Å². The molecule has 1 N–H and O–H groups in total. The first-order valence-corrected chi connectivity index (χ1v) is 13.9. The molecule has 0 saturated heterocycles. The molecule has 2 aromatic rings. The zero-order chi connectivity index (χ0) is 19.7. The van der Waals surface area contributed by atoms with Gasteiger partial charge in [-0.1, -0.05) is 25.6 Å². The standard InChI is InChI=1S/C23H38N2S/c1-9-26(5,6,7,8)22-17-19(4)25-21-15-12-14-20(23(21)22)13-10-11-16-24-18(2)3/h12,14-15,17,24H,2,9-11,13,16H2,1,3-8H3. The lowest BCUT2D eigenvalue weighted by molar-refractivity contribution is 0.680. The molecule has 0 spiro atoms. The minimum absolute atomic E-state index is 1.00. The molecule has 0 aliphatic rings. The maximum absolute atomic E-state index is 4.87. The highest BCUT2D eigenvalue weighted by Crippen LogP contribution is 2.84. The molecule has 2 rings (SSSR count). The molecule has 146 valence electrons.